The van der Waals surface area contributed by atoms with Crippen molar-refractivity contribution >= 4 is 17.4 Å². The molecule has 0 aromatic heterocycles. The third-order valence-corrected chi connectivity index (χ3v) is 5.61. The zero-order valence-electron chi connectivity index (χ0n) is 17.4. The largest absolute Gasteiger partial charge is 0.497 e. The molecule has 1 N–H and O–H groups in total. The first-order valence-electron chi connectivity index (χ1n) is 10.4. The van der Waals surface area contributed by atoms with E-state index in [4.69, 9.17) is 9.84 Å². The smallest absolute Gasteiger partial charge is 0.277 e. The van der Waals surface area contributed by atoms with E-state index in [1.807, 2.05) is 29.2 Å². The second kappa shape index (κ2) is 9.89. The number of ether oxygens (including phenoxy) is 1. The van der Waals surface area contributed by atoms with Gasteiger partial charge in [0.05, 0.1) is 19.3 Å². The summed E-state index contributed by atoms with van der Waals surface area (Å²) in [6.07, 6.45) is 2.85. The number of nitrogens with zero attached hydrogens (tertiary/aromatic N) is 3. The minimum atomic E-state index is -0.205. The van der Waals surface area contributed by atoms with Crippen LogP contribution in [0.25, 0.3) is 5.57 Å². The zero-order valence-corrected chi connectivity index (χ0v) is 17.4. The monoisotopic (exact) mass is 401 g/mol. The summed E-state index contributed by atoms with van der Waals surface area (Å²) in [5.41, 5.74) is 1.75. The van der Waals surface area contributed by atoms with Crippen molar-refractivity contribution in [2.24, 2.45) is 0 Å². The van der Waals surface area contributed by atoms with Crippen molar-refractivity contribution in [2.45, 2.75) is 26.2 Å². The number of methoxy groups -OCH3 is 1. The molecule has 0 unspecified atom stereocenters. The van der Waals surface area contributed by atoms with Crippen LogP contribution in [0.15, 0.2) is 30.0 Å². The molecule has 0 aliphatic carbocycles. The standard InChI is InChI=1S/C22H31N3O4/c1-3-4-5-10-25-21(27)19(17-6-8-18(29-2)9-7-17)20(22(25)28)24-13-11-23(12-14-24)15-16-26/h6-9,26H,3-5,10-16H2,1-2H3. The number of carbonyl (C=O) groups excluding carboxylic acids is 2. The molecule has 158 valence electrons. The average molecular weight is 402 g/mol. The van der Waals surface area contributed by atoms with Gasteiger partial charge >= 0.3 is 0 Å². The van der Waals surface area contributed by atoms with Gasteiger partial charge in [-0.1, -0.05) is 31.9 Å². The highest BCUT2D eigenvalue weighted by atomic mass is 16.5. The predicted molar refractivity (Wildman–Crippen MR) is 111 cm³/mol. The summed E-state index contributed by atoms with van der Waals surface area (Å²) in [6.45, 7) is 6.17. The van der Waals surface area contributed by atoms with E-state index in [9.17, 15) is 9.59 Å². The molecule has 0 spiro atoms. The Labute approximate surface area is 172 Å². The average Bonchev–Trinajstić information content (AvgIpc) is 2.99. The van der Waals surface area contributed by atoms with Crippen LogP contribution in [0.3, 0.4) is 0 Å². The molecule has 1 aromatic carbocycles. The van der Waals surface area contributed by atoms with Crippen LogP contribution in [-0.2, 0) is 9.59 Å². The molecule has 0 saturated carbocycles. The van der Waals surface area contributed by atoms with Gasteiger partial charge in [0.2, 0.25) is 0 Å². The molecule has 7 heteroatoms. The Hall–Kier alpha value is -2.38. The number of unbranched alkanes of at least 4 members (excludes halogenated alkanes) is 2. The lowest BCUT2D eigenvalue weighted by molar-refractivity contribution is -0.137. The van der Waals surface area contributed by atoms with Crippen LogP contribution in [0, 0.1) is 0 Å². The van der Waals surface area contributed by atoms with E-state index in [1.54, 1.807) is 7.11 Å². The zero-order chi connectivity index (χ0) is 20.8. The van der Waals surface area contributed by atoms with Crippen molar-refractivity contribution in [3.05, 3.63) is 35.5 Å². The molecular formula is C22H31N3O4. The number of aliphatic hydroxyl groups excluding tert-OH is 1. The molecule has 2 aliphatic heterocycles. The maximum Gasteiger partial charge on any atom is 0.277 e. The second-order valence-corrected chi connectivity index (χ2v) is 7.47. The first-order valence-corrected chi connectivity index (χ1v) is 10.4. The molecule has 2 amide bonds. The number of hydrogen-bond acceptors (Lipinski definition) is 6. The lowest BCUT2D eigenvalue weighted by Crippen LogP contribution is -2.48. The number of aliphatic hydroxyl groups is 1. The normalized spacial score (nSPS) is 18.2. The molecule has 0 radical (unpaired) electrons. The summed E-state index contributed by atoms with van der Waals surface area (Å²) < 4.78 is 5.23. The summed E-state index contributed by atoms with van der Waals surface area (Å²) in [5, 5.41) is 9.16. The maximum atomic E-state index is 13.3. The Kier molecular flexibility index (Phi) is 7.28. The highest BCUT2D eigenvalue weighted by molar-refractivity contribution is 6.35. The van der Waals surface area contributed by atoms with Gasteiger partial charge in [-0.15, -0.1) is 0 Å². The molecule has 1 aromatic rings. The van der Waals surface area contributed by atoms with E-state index in [-0.39, 0.29) is 18.4 Å². The molecule has 0 atom stereocenters. The molecule has 29 heavy (non-hydrogen) atoms. The van der Waals surface area contributed by atoms with Crippen molar-refractivity contribution in [2.75, 3.05) is 53.0 Å². The molecule has 7 nitrogen and oxygen atoms in total. The lowest BCUT2D eigenvalue weighted by atomic mass is 10.0. The van der Waals surface area contributed by atoms with Crippen LogP contribution in [-0.4, -0.2) is 84.6 Å². The number of rotatable bonds is 9. The van der Waals surface area contributed by atoms with E-state index in [1.165, 1.54) is 4.90 Å². The lowest BCUT2D eigenvalue weighted by Gasteiger charge is -2.36. The summed E-state index contributed by atoms with van der Waals surface area (Å²) in [4.78, 5) is 32.1. The fourth-order valence-electron chi connectivity index (χ4n) is 3.93. The van der Waals surface area contributed by atoms with E-state index < -0.39 is 0 Å². The maximum absolute atomic E-state index is 13.3. The molecule has 2 heterocycles. The van der Waals surface area contributed by atoms with E-state index >= 15 is 0 Å². The second-order valence-electron chi connectivity index (χ2n) is 7.47. The van der Waals surface area contributed by atoms with Gasteiger partial charge in [-0.3, -0.25) is 19.4 Å². The third kappa shape index (κ3) is 4.62. The minimum Gasteiger partial charge on any atom is -0.497 e. The van der Waals surface area contributed by atoms with Crippen LogP contribution in [0.5, 0.6) is 5.75 Å². The van der Waals surface area contributed by atoms with Crippen LogP contribution < -0.4 is 4.74 Å². The van der Waals surface area contributed by atoms with Crippen LogP contribution in [0.4, 0.5) is 0 Å². The fourth-order valence-corrected chi connectivity index (χ4v) is 3.93. The Balaban J connectivity index is 1.89. The molecular weight excluding hydrogens is 370 g/mol. The van der Waals surface area contributed by atoms with Crippen LogP contribution in [0.1, 0.15) is 31.7 Å². The van der Waals surface area contributed by atoms with E-state index in [2.05, 4.69) is 11.8 Å². The molecule has 2 aliphatic rings. The van der Waals surface area contributed by atoms with Crippen LogP contribution >= 0.6 is 0 Å². The Bertz CT molecular complexity index is 752. The number of hydrogen-bond donors (Lipinski definition) is 1. The van der Waals surface area contributed by atoms with Crippen molar-refractivity contribution in [1.82, 2.24) is 14.7 Å². The Morgan fingerprint density at radius 3 is 2.24 bits per heavy atom. The predicted octanol–water partition coefficient (Wildman–Crippen LogP) is 1.58. The van der Waals surface area contributed by atoms with Gasteiger partial charge in [-0.05, 0) is 24.1 Å². The number of β-amino-alcohol motifs (C(OH)–C–C–N with tert-alkyl or cyclic N) is 1. The van der Waals surface area contributed by atoms with Gasteiger partial charge in [0.15, 0.2) is 0 Å². The van der Waals surface area contributed by atoms with Gasteiger partial charge in [0.1, 0.15) is 11.4 Å². The van der Waals surface area contributed by atoms with Gasteiger partial charge < -0.3 is 14.7 Å². The fraction of sp³-hybridized carbons (Fsp3) is 0.545. The number of amides is 2. The highest BCUT2D eigenvalue weighted by Crippen LogP contribution is 2.33. The summed E-state index contributed by atoms with van der Waals surface area (Å²) in [7, 11) is 1.60. The van der Waals surface area contributed by atoms with Gasteiger partial charge in [0.25, 0.3) is 11.8 Å². The first-order chi connectivity index (χ1) is 14.1. The number of benzene rings is 1. The van der Waals surface area contributed by atoms with Crippen molar-refractivity contribution in [3.8, 4) is 5.75 Å². The molecule has 1 saturated heterocycles. The van der Waals surface area contributed by atoms with Gasteiger partial charge in [-0.25, -0.2) is 0 Å². The number of imide groups is 1. The van der Waals surface area contributed by atoms with Gasteiger partial charge in [0, 0.05) is 39.3 Å². The quantitative estimate of drug-likeness (QED) is 0.500. The van der Waals surface area contributed by atoms with Crippen molar-refractivity contribution in [3.63, 3.8) is 0 Å². The first kappa shape index (κ1) is 21.3. The van der Waals surface area contributed by atoms with E-state index in [0.29, 0.717) is 43.2 Å². The topological polar surface area (TPSA) is 73.3 Å². The van der Waals surface area contributed by atoms with Crippen LogP contribution in [0.2, 0.25) is 0 Å². The number of carbonyl (C=O) groups is 2. The Morgan fingerprint density at radius 1 is 0.966 bits per heavy atom. The SMILES string of the molecule is CCCCCN1C(=O)C(c2ccc(OC)cc2)=C(N2CCN(CCO)CC2)C1=O. The molecule has 3 rings (SSSR count). The van der Waals surface area contributed by atoms with Gasteiger partial charge in [-0.2, -0.15) is 0 Å². The molecule has 0 bridgehead atoms. The third-order valence-electron chi connectivity index (χ3n) is 5.61. The Morgan fingerprint density at radius 2 is 1.66 bits per heavy atom. The van der Waals surface area contributed by atoms with E-state index in [0.717, 1.165) is 37.9 Å². The van der Waals surface area contributed by atoms with Crippen molar-refractivity contribution < 1.29 is 19.4 Å². The van der Waals surface area contributed by atoms with Crippen molar-refractivity contribution in [1.29, 1.82) is 0 Å². The number of piperazine rings is 1. The summed E-state index contributed by atoms with van der Waals surface area (Å²) >= 11 is 0. The summed E-state index contributed by atoms with van der Waals surface area (Å²) in [6, 6.07) is 7.32. The molecule has 1 fully saturated rings. The summed E-state index contributed by atoms with van der Waals surface area (Å²) in [5.74, 6) is 0.321. The highest BCUT2D eigenvalue weighted by Gasteiger charge is 2.41. The minimum absolute atomic E-state index is 0.127.